The van der Waals surface area contributed by atoms with E-state index in [-0.39, 0.29) is 22.1 Å². The van der Waals surface area contributed by atoms with Gasteiger partial charge in [0.15, 0.2) is 0 Å². The third-order valence-electron chi connectivity index (χ3n) is 7.13. The van der Waals surface area contributed by atoms with Crippen LogP contribution in [0.3, 0.4) is 0 Å². The molecular weight excluding hydrogens is 420 g/mol. The number of carbonyl (C=O) groups is 1. The summed E-state index contributed by atoms with van der Waals surface area (Å²) in [4.78, 5) is 11.2. The van der Waals surface area contributed by atoms with Gasteiger partial charge in [0, 0.05) is 12.0 Å². The standard InChI is InChI=1S/C31H32O3/c1-20-9-12-22(13-10-20)24-18-23(28-26(19-24)30(2,3)15-16-31(28,4)5)8-6-7-21-11-14-25(29(33)34)27(32)17-21/h9-14,17-19,32H,8,15-16H2,1-5H3,(H,33,34). The summed E-state index contributed by atoms with van der Waals surface area (Å²) in [6, 6.07) is 17.8. The maximum atomic E-state index is 11.2. The quantitative estimate of drug-likeness (QED) is 0.420. The molecule has 0 aromatic heterocycles. The van der Waals surface area contributed by atoms with Crippen molar-refractivity contribution in [3.63, 3.8) is 0 Å². The van der Waals surface area contributed by atoms with Crippen molar-refractivity contribution in [2.45, 2.75) is 64.7 Å². The van der Waals surface area contributed by atoms with Gasteiger partial charge in [0.1, 0.15) is 11.3 Å². The number of carboxylic acids is 1. The largest absolute Gasteiger partial charge is 0.507 e. The highest BCUT2D eigenvalue weighted by atomic mass is 16.4. The molecule has 4 rings (SSSR count). The molecule has 0 unspecified atom stereocenters. The van der Waals surface area contributed by atoms with Gasteiger partial charge in [0.05, 0.1) is 0 Å². The van der Waals surface area contributed by atoms with Crippen LogP contribution in [0.4, 0.5) is 0 Å². The van der Waals surface area contributed by atoms with Crippen LogP contribution in [0.15, 0.2) is 54.6 Å². The zero-order valence-corrected chi connectivity index (χ0v) is 20.6. The van der Waals surface area contributed by atoms with Crippen LogP contribution in [-0.2, 0) is 17.3 Å². The van der Waals surface area contributed by atoms with E-state index in [1.165, 1.54) is 45.5 Å². The number of aryl methyl sites for hydroxylation is 1. The number of rotatable bonds is 3. The van der Waals surface area contributed by atoms with Crippen LogP contribution >= 0.6 is 0 Å². The molecule has 3 aromatic rings. The minimum atomic E-state index is -1.15. The first kappa shape index (κ1) is 23.6. The fraction of sp³-hybridized carbons (Fsp3) is 0.323. The average Bonchev–Trinajstić information content (AvgIpc) is 2.77. The molecule has 1 aliphatic rings. The smallest absolute Gasteiger partial charge is 0.339 e. The van der Waals surface area contributed by atoms with E-state index in [4.69, 9.17) is 5.11 Å². The fourth-order valence-corrected chi connectivity index (χ4v) is 5.00. The molecule has 174 valence electrons. The molecule has 0 saturated carbocycles. The van der Waals surface area contributed by atoms with Crippen molar-refractivity contribution < 1.29 is 15.0 Å². The van der Waals surface area contributed by atoms with Gasteiger partial charge in [0.2, 0.25) is 0 Å². The lowest BCUT2D eigenvalue weighted by atomic mass is 9.61. The normalized spacial score (nSPS) is 15.7. The molecule has 0 spiro atoms. The van der Waals surface area contributed by atoms with Crippen molar-refractivity contribution in [3.8, 4) is 28.7 Å². The summed E-state index contributed by atoms with van der Waals surface area (Å²) in [5, 5.41) is 19.1. The van der Waals surface area contributed by atoms with E-state index in [0.29, 0.717) is 12.0 Å². The summed E-state index contributed by atoms with van der Waals surface area (Å²) in [5.41, 5.74) is 8.35. The van der Waals surface area contributed by atoms with Gasteiger partial charge in [-0.05, 0) is 82.7 Å². The number of carboxylic acid groups (broad SMARTS) is 1. The summed E-state index contributed by atoms with van der Waals surface area (Å²) in [7, 11) is 0. The van der Waals surface area contributed by atoms with E-state index in [0.717, 1.165) is 12.8 Å². The van der Waals surface area contributed by atoms with Crippen molar-refractivity contribution >= 4 is 5.97 Å². The molecule has 0 atom stereocenters. The summed E-state index contributed by atoms with van der Waals surface area (Å²) in [6.07, 6.45) is 2.86. The van der Waals surface area contributed by atoms with Gasteiger partial charge in [-0.3, -0.25) is 0 Å². The fourth-order valence-electron chi connectivity index (χ4n) is 5.00. The van der Waals surface area contributed by atoms with Crippen LogP contribution in [0.5, 0.6) is 5.75 Å². The van der Waals surface area contributed by atoms with E-state index >= 15 is 0 Å². The Morgan fingerprint density at radius 1 is 0.912 bits per heavy atom. The summed E-state index contributed by atoms with van der Waals surface area (Å²) in [5.74, 6) is 4.99. The van der Waals surface area contributed by atoms with Gasteiger partial charge in [-0.15, -0.1) is 0 Å². The lowest BCUT2D eigenvalue weighted by molar-refractivity contribution is 0.0693. The topological polar surface area (TPSA) is 57.5 Å². The number of phenols is 1. The molecule has 1 aliphatic carbocycles. The number of hydrogen-bond donors (Lipinski definition) is 2. The third kappa shape index (κ3) is 4.59. The molecule has 0 heterocycles. The van der Waals surface area contributed by atoms with Gasteiger partial charge in [0.25, 0.3) is 0 Å². The van der Waals surface area contributed by atoms with Crippen LogP contribution in [-0.4, -0.2) is 16.2 Å². The maximum absolute atomic E-state index is 11.2. The Labute approximate surface area is 202 Å². The molecule has 3 aromatic carbocycles. The predicted octanol–water partition coefficient (Wildman–Crippen LogP) is 7.01. The Morgan fingerprint density at radius 2 is 1.59 bits per heavy atom. The molecule has 0 fully saturated rings. The van der Waals surface area contributed by atoms with Gasteiger partial charge >= 0.3 is 5.97 Å². The summed E-state index contributed by atoms with van der Waals surface area (Å²) in [6.45, 7) is 11.4. The predicted molar refractivity (Wildman–Crippen MR) is 138 cm³/mol. The van der Waals surface area contributed by atoms with Crippen LogP contribution in [0.1, 0.15) is 78.7 Å². The average molecular weight is 453 g/mol. The number of aromatic hydroxyl groups is 1. The third-order valence-corrected chi connectivity index (χ3v) is 7.13. The van der Waals surface area contributed by atoms with Gasteiger partial charge in [-0.2, -0.15) is 0 Å². The molecule has 0 bridgehead atoms. The molecule has 34 heavy (non-hydrogen) atoms. The lowest BCUT2D eigenvalue weighted by Gasteiger charge is -2.43. The highest BCUT2D eigenvalue weighted by Gasteiger charge is 2.38. The number of hydrogen-bond acceptors (Lipinski definition) is 2. The SMILES string of the molecule is Cc1ccc(-c2cc(CC#Cc3ccc(C(=O)O)c(O)c3)c3c(c2)C(C)(C)CCC3(C)C)cc1. The number of fused-ring (bicyclic) bond motifs is 1. The molecule has 3 heteroatoms. The second-order valence-electron chi connectivity index (χ2n) is 10.7. The highest BCUT2D eigenvalue weighted by molar-refractivity contribution is 5.90. The van der Waals surface area contributed by atoms with E-state index < -0.39 is 5.97 Å². The second kappa shape index (κ2) is 8.69. The summed E-state index contributed by atoms with van der Waals surface area (Å²) < 4.78 is 0. The Bertz CT molecular complexity index is 1320. The Morgan fingerprint density at radius 3 is 2.24 bits per heavy atom. The van der Waals surface area contributed by atoms with Crippen LogP contribution in [0.2, 0.25) is 0 Å². The number of benzene rings is 3. The van der Waals surface area contributed by atoms with Crippen molar-refractivity contribution in [1.82, 2.24) is 0 Å². The molecule has 3 nitrogen and oxygen atoms in total. The molecule has 0 radical (unpaired) electrons. The van der Waals surface area contributed by atoms with E-state index in [2.05, 4.69) is 82.9 Å². The number of aromatic carboxylic acids is 1. The van der Waals surface area contributed by atoms with Crippen molar-refractivity contribution in [3.05, 3.63) is 88.0 Å². The Kier molecular flexibility index (Phi) is 6.04. The zero-order chi connectivity index (χ0) is 24.7. The zero-order valence-electron chi connectivity index (χ0n) is 20.6. The van der Waals surface area contributed by atoms with Gasteiger partial charge in [-0.1, -0.05) is 75.4 Å². The van der Waals surface area contributed by atoms with Gasteiger partial charge < -0.3 is 10.2 Å². The van der Waals surface area contributed by atoms with Gasteiger partial charge in [-0.25, -0.2) is 4.79 Å². The van der Waals surface area contributed by atoms with E-state index in [1.54, 1.807) is 6.07 Å². The molecule has 0 saturated heterocycles. The van der Waals surface area contributed by atoms with Crippen LogP contribution in [0, 0.1) is 18.8 Å². The lowest BCUT2D eigenvalue weighted by Crippen LogP contribution is -2.35. The molecular formula is C31H32O3. The van der Waals surface area contributed by atoms with Crippen molar-refractivity contribution in [2.75, 3.05) is 0 Å². The van der Waals surface area contributed by atoms with E-state index in [1.807, 2.05) is 0 Å². The molecule has 0 amide bonds. The van der Waals surface area contributed by atoms with Crippen molar-refractivity contribution in [1.29, 1.82) is 0 Å². The first-order valence-electron chi connectivity index (χ1n) is 11.8. The highest BCUT2D eigenvalue weighted by Crippen LogP contribution is 2.48. The minimum absolute atomic E-state index is 0.0646. The monoisotopic (exact) mass is 452 g/mol. The Balaban J connectivity index is 1.79. The van der Waals surface area contributed by atoms with Crippen LogP contribution in [0.25, 0.3) is 11.1 Å². The first-order chi connectivity index (χ1) is 16.0. The first-order valence-corrected chi connectivity index (χ1v) is 11.8. The second-order valence-corrected chi connectivity index (χ2v) is 10.7. The maximum Gasteiger partial charge on any atom is 0.339 e. The Hall–Kier alpha value is -3.51. The van der Waals surface area contributed by atoms with Crippen molar-refractivity contribution in [2.24, 2.45) is 0 Å². The molecule has 0 aliphatic heterocycles. The van der Waals surface area contributed by atoms with E-state index in [9.17, 15) is 9.90 Å². The molecule has 2 N–H and O–H groups in total. The van der Waals surface area contributed by atoms with Crippen LogP contribution < -0.4 is 0 Å². The summed E-state index contributed by atoms with van der Waals surface area (Å²) >= 11 is 0. The minimum Gasteiger partial charge on any atom is -0.507 e.